The molecule has 7 heteroatoms. The summed E-state index contributed by atoms with van der Waals surface area (Å²) in [6.45, 7) is 10.3. The fourth-order valence-corrected chi connectivity index (χ4v) is 2.38. The molecule has 0 saturated heterocycles. The lowest BCUT2D eigenvalue weighted by molar-refractivity contribution is 0.0308. The van der Waals surface area contributed by atoms with Gasteiger partial charge in [0.15, 0.2) is 5.96 Å². The van der Waals surface area contributed by atoms with Crippen molar-refractivity contribution in [3.63, 3.8) is 0 Å². The van der Waals surface area contributed by atoms with Crippen LogP contribution in [0.25, 0.3) is 0 Å². The van der Waals surface area contributed by atoms with Gasteiger partial charge in [-0.15, -0.1) is 0 Å². The molecule has 1 atom stereocenters. The van der Waals surface area contributed by atoms with E-state index in [-0.39, 0.29) is 12.0 Å². The molecule has 0 aliphatic carbocycles. The number of hydrogen-bond donors (Lipinski definition) is 3. The second-order valence-corrected chi connectivity index (χ2v) is 7.60. The van der Waals surface area contributed by atoms with Gasteiger partial charge in [0, 0.05) is 18.5 Å². The minimum atomic E-state index is -0.637. The van der Waals surface area contributed by atoms with E-state index in [2.05, 4.69) is 41.4 Å². The van der Waals surface area contributed by atoms with Gasteiger partial charge in [-0.05, 0) is 12.5 Å². The van der Waals surface area contributed by atoms with E-state index in [1.165, 1.54) is 0 Å². The number of nitrogens with zero attached hydrogens (tertiary/aromatic N) is 2. The first-order chi connectivity index (χ1) is 13.4. The second-order valence-electron chi connectivity index (χ2n) is 7.60. The Kier molecular flexibility index (Phi) is 8.47. The number of benzene rings is 1. The number of guanidine groups is 1. The topological polar surface area (TPSA) is 91.9 Å². The van der Waals surface area contributed by atoms with E-state index in [0.29, 0.717) is 38.1 Å². The zero-order chi connectivity index (χ0) is 20.4. The molecule has 0 aliphatic rings. The van der Waals surface area contributed by atoms with Crippen molar-refractivity contribution in [1.82, 2.24) is 15.6 Å². The largest absolute Gasteiger partial charge is 0.443 e. The van der Waals surface area contributed by atoms with Crippen molar-refractivity contribution in [2.45, 2.75) is 52.4 Å². The van der Waals surface area contributed by atoms with Gasteiger partial charge >= 0.3 is 0 Å². The minimum absolute atomic E-state index is 0.0818. The number of aliphatic hydroxyl groups excluding tert-OH is 1. The molecule has 7 nitrogen and oxygen atoms in total. The van der Waals surface area contributed by atoms with Gasteiger partial charge in [0.05, 0.1) is 25.5 Å². The van der Waals surface area contributed by atoms with E-state index in [1.54, 1.807) is 6.20 Å². The maximum atomic E-state index is 10.1. The number of oxazole rings is 1. The average Bonchev–Trinajstić information content (AvgIpc) is 3.14. The van der Waals surface area contributed by atoms with E-state index < -0.39 is 6.10 Å². The van der Waals surface area contributed by atoms with Crippen molar-refractivity contribution in [3.8, 4) is 0 Å². The fraction of sp³-hybridized carbons (Fsp3) is 0.524. The Balaban J connectivity index is 1.77. The monoisotopic (exact) mass is 388 g/mol. The number of aliphatic imine (C=N–C) groups is 1. The molecule has 0 aliphatic heterocycles. The summed E-state index contributed by atoms with van der Waals surface area (Å²) in [4.78, 5) is 8.75. The summed E-state index contributed by atoms with van der Waals surface area (Å²) in [5, 5.41) is 16.4. The quantitative estimate of drug-likeness (QED) is 0.452. The Morgan fingerprint density at radius 1 is 1.25 bits per heavy atom. The van der Waals surface area contributed by atoms with Crippen LogP contribution in [0.4, 0.5) is 0 Å². The molecule has 1 aromatic heterocycles. The van der Waals surface area contributed by atoms with Crippen molar-refractivity contribution in [2.75, 3.05) is 19.7 Å². The van der Waals surface area contributed by atoms with Crippen molar-refractivity contribution in [3.05, 3.63) is 53.7 Å². The number of nitrogens with one attached hydrogen (secondary N) is 2. The number of aliphatic hydroxyl groups is 1. The van der Waals surface area contributed by atoms with Crippen molar-refractivity contribution < 1.29 is 14.3 Å². The predicted octanol–water partition coefficient (Wildman–Crippen LogP) is 2.60. The van der Waals surface area contributed by atoms with Crippen LogP contribution in [0, 0.1) is 0 Å². The molecule has 0 bridgehead atoms. The minimum Gasteiger partial charge on any atom is -0.443 e. The van der Waals surface area contributed by atoms with Crippen LogP contribution >= 0.6 is 0 Å². The average molecular weight is 389 g/mol. The standard InChI is InChI=1S/C21H32N4O3/c1-5-22-20(25-13-19-23-12-18(28-19)21(2,3)4)24-11-17(26)15-27-14-16-9-7-6-8-10-16/h6-10,12,17,26H,5,11,13-15H2,1-4H3,(H2,22,24,25). The Bertz CT molecular complexity index is 723. The second kappa shape index (κ2) is 10.8. The molecule has 0 fully saturated rings. The van der Waals surface area contributed by atoms with Gasteiger partial charge < -0.3 is 24.9 Å². The highest BCUT2D eigenvalue weighted by Crippen LogP contribution is 2.22. The van der Waals surface area contributed by atoms with Gasteiger partial charge in [0.2, 0.25) is 5.89 Å². The van der Waals surface area contributed by atoms with Gasteiger partial charge in [-0.25, -0.2) is 9.98 Å². The molecule has 0 saturated carbocycles. The fourth-order valence-electron chi connectivity index (χ4n) is 2.38. The van der Waals surface area contributed by atoms with E-state index >= 15 is 0 Å². The molecule has 1 aromatic carbocycles. The molecule has 0 spiro atoms. The molecule has 154 valence electrons. The zero-order valence-electron chi connectivity index (χ0n) is 17.2. The third-order valence-electron chi connectivity index (χ3n) is 3.94. The van der Waals surface area contributed by atoms with Crippen LogP contribution in [-0.2, 0) is 23.3 Å². The van der Waals surface area contributed by atoms with Gasteiger partial charge in [-0.1, -0.05) is 51.1 Å². The highest BCUT2D eigenvalue weighted by Gasteiger charge is 2.19. The van der Waals surface area contributed by atoms with Crippen LogP contribution in [0.2, 0.25) is 0 Å². The van der Waals surface area contributed by atoms with Crippen molar-refractivity contribution in [1.29, 1.82) is 0 Å². The van der Waals surface area contributed by atoms with Gasteiger partial charge in [0.25, 0.3) is 0 Å². The molecular weight excluding hydrogens is 356 g/mol. The third-order valence-corrected chi connectivity index (χ3v) is 3.94. The first-order valence-corrected chi connectivity index (χ1v) is 9.65. The smallest absolute Gasteiger partial charge is 0.216 e. The van der Waals surface area contributed by atoms with Crippen LogP contribution in [0.3, 0.4) is 0 Å². The lowest BCUT2D eigenvalue weighted by atomic mass is 9.94. The molecule has 1 unspecified atom stereocenters. The SMILES string of the molecule is CCNC(=NCc1ncc(C(C)(C)C)o1)NCC(O)COCc1ccccc1. The van der Waals surface area contributed by atoms with Gasteiger partial charge in [-0.3, -0.25) is 0 Å². The zero-order valence-corrected chi connectivity index (χ0v) is 17.2. The predicted molar refractivity (Wildman–Crippen MR) is 110 cm³/mol. The molecule has 0 amide bonds. The summed E-state index contributed by atoms with van der Waals surface area (Å²) in [5.41, 5.74) is 1.000. The summed E-state index contributed by atoms with van der Waals surface area (Å²) < 4.78 is 11.3. The highest BCUT2D eigenvalue weighted by molar-refractivity contribution is 5.79. The van der Waals surface area contributed by atoms with Gasteiger partial charge in [-0.2, -0.15) is 0 Å². The Morgan fingerprint density at radius 3 is 2.64 bits per heavy atom. The summed E-state index contributed by atoms with van der Waals surface area (Å²) in [5.74, 6) is 2.00. The molecule has 2 rings (SSSR count). The summed E-state index contributed by atoms with van der Waals surface area (Å²) in [7, 11) is 0. The Hall–Kier alpha value is -2.38. The lowest BCUT2D eigenvalue weighted by Crippen LogP contribution is -2.42. The lowest BCUT2D eigenvalue weighted by Gasteiger charge is -2.15. The van der Waals surface area contributed by atoms with E-state index in [4.69, 9.17) is 9.15 Å². The van der Waals surface area contributed by atoms with Gasteiger partial charge in [0.1, 0.15) is 12.3 Å². The molecule has 2 aromatic rings. The van der Waals surface area contributed by atoms with E-state index in [0.717, 1.165) is 11.3 Å². The number of aromatic nitrogens is 1. The van der Waals surface area contributed by atoms with Crippen molar-refractivity contribution in [2.24, 2.45) is 4.99 Å². The normalized spacial score (nSPS) is 13.4. The Labute approximate surface area is 167 Å². The first kappa shape index (κ1) is 21.9. The van der Waals surface area contributed by atoms with Crippen LogP contribution in [-0.4, -0.2) is 41.9 Å². The molecule has 0 radical (unpaired) electrons. The molecular formula is C21H32N4O3. The van der Waals surface area contributed by atoms with Crippen LogP contribution < -0.4 is 10.6 Å². The summed E-state index contributed by atoms with van der Waals surface area (Å²) in [6.07, 6.45) is 1.11. The maximum Gasteiger partial charge on any atom is 0.216 e. The van der Waals surface area contributed by atoms with E-state index in [9.17, 15) is 5.11 Å². The maximum absolute atomic E-state index is 10.1. The van der Waals surface area contributed by atoms with Crippen LogP contribution in [0.15, 0.2) is 45.9 Å². The summed E-state index contributed by atoms with van der Waals surface area (Å²) in [6, 6.07) is 9.89. The number of rotatable bonds is 9. The van der Waals surface area contributed by atoms with Crippen molar-refractivity contribution >= 4 is 5.96 Å². The highest BCUT2D eigenvalue weighted by atomic mass is 16.5. The summed E-state index contributed by atoms with van der Waals surface area (Å²) >= 11 is 0. The Morgan fingerprint density at radius 2 is 2.00 bits per heavy atom. The van der Waals surface area contributed by atoms with E-state index in [1.807, 2.05) is 37.3 Å². The molecule has 28 heavy (non-hydrogen) atoms. The first-order valence-electron chi connectivity index (χ1n) is 9.65. The molecule has 1 heterocycles. The van der Waals surface area contributed by atoms with Crippen LogP contribution in [0.1, 0.15) is 44.9 Å². The molecule has 3 N–H and O–H groups in total. The third kappa shape index (κ3) is 7.70. The van der Waals surface area contributed by atoms with Crippen LogP contribution in [0.5, 0.6) is 0 Å². The number of hydrogen-bond acceptors (Lipinski definition) is 5. The number of ether oxygens (including phenoxy) is 1.